The number of nitrogens with zero attached hydrogens (tertiary/aromatic N) is 1. The summed E-state index contributed by atoms with van der Waals surface area (Å²) in [6, 6.07) is 3.04. The average Bonchev–Trinajstić information content (AvgIpc) is 2.81. The first-order chi connectivity index (χ1) is 8.46. The summed E-state index contributed by atoms with van der Waals surface area (Å²) >= 11 is 0. The van der Waals surface area contributed by atoms with Crippen molar-refractivity contribution in [2.75, 3.05) is 13.1 Å². The number of hydrogen-bond acceptors (Lipinski definition) is 2. The first kappa shape index (κ1) is 13.0. The molecule has 1 aromatic carbocycles. The van der Waals surface area contributed by atoms with Gasteiger partial charge in [0.15, 0.2) is 0 Å². The Morgan fingerprint density at radius 1 is 1.33 bits per heavy atom. The van der Waals surface area contributed by atoms with Crippen molar-refractivity contribution in [1.29, 1.82) is 0 Å². The lowest BCUT2D eigenvalue weighted by atomic mass is 9.89. The van der Waals surface area contributed by atoms with E-state index in [9.17, 15) is 18.7 Å². The van der Waals surface area contributed by atoms with Gasteiger partial charge in [-0.3, -0.25) is 4.90 Å². The molecule has 0 aromatic heterocycles. The number of carboxylic acids is 1. The molecule has 0 bridgehead atoms. The molecule has 1 aliphatic heterocycles. The van der Waals surface area contributed by atoms with Crippen LogP contribution in [0.4, 0.5) is 8.78 Å². The van der Waals surface area contributed by atoms with Crippen LogP contribution in [-0.2, 0) is 10.3 Å². The van der Waals surface area contributed by atoms with Crippen molar-refractivity contribution in [1.82, 2.24) is 4.90 Å². The van der Waals surface area contributed by atoms with E-state index in [4.69, 9.17) is 0 Å². The van der Waals surface area contributed by atoms with Gasteiger partial charge in [-0.2, -0.15) is 0 Å². The first-order valence-corrected chi connectivity index (χ1v) is 5.90. The Morgan fingerprint density at radius 2 is 1.94 bits per heavy atom. The van der Waals surface area contributed by atoms with E-state index < -0.39 is 23.1 Å². The topological polar surface area (TPSA) is 40.5 Å². The Labute approximate surface area is 104 Å². The third-order valence-corrected chi connectivity index (χ3v) is 3.61. The molecule has 1 heterocycles. The molecule has 0 saturated carbocycles. The van der Waals surface area contributed by atoms with Gasteiger partial charge in [-0.15, -0.1) is 0 Å². The fourth-order valence-electron chi connectivity index (χ4n) is 2.47. The molecule has 1 fully saturated rings. The van der Waals surface area contributed by atoms with Crippen molar-refractivity contribution >= 4 is 5.97 Å². The van der Waals surface area contributed by atoms with E-state index in [2.05, 4.69) is 0 Å². The molecule has 1 aliphatic rings. The van der Waals surface area contributed by atoms with Crippen LogP contribution in [0.5, 0.6) is 0 Å². The first-order valence-electron chi connectivity index (χ1n) is 5.90. The molecule has 1 aromatic rings. The number of likely N-dealkylation sites (tertiary alicyclic amines) is 1. The zero-order valence-electron chi connectivity index (χ0n) is 10.1. The summed E-state index contributed by atoms with van der Waals surface area (Å²) in [5, 5.41) is 9.44. The molecule has 1 atom stereocenters. The molecule has 3 nitrogen and oxygen atoms in total. The third-order valence-electron chi connectivity index (χ3n) is 3.61. The Morgan fingerprint density at radius 3 is 2.44 bits per heavy atom. The summed E-state index contributed by atoms with van der Waals surface area (Å²) in [5.41, 5.74) is -1.42. The second kappa shape index (κ2) is 4.65. The Hall–Kier alpha value is -1.49. The molecule has 0 spiro atoms. The van der Waals surface area contributed by atoms with Crippen LogP contribution in [0.3, 0.4) is 0 Å². The normalized spacial score (nSPS) is 19.7. The minimum Gasteiger partial charge on any atom is -0.480 e. The maximum Gasteiger partial charge on any atom is 0.328 e. The quantitative estimate of drug-likeness (QED) is 0.901. The van der Waals surface area contributed by atoms with Crippen LogP contribution in [0, 0.1) is 11.6 Å². The fourth-order valence-corrected chi connectivity index (χ4v) is 2.47. The van der Waals surface area contributed by atoms with E-state index >= 15 is 0 Å². The second-order valence-corrected chi connectivity index (χ2v) is 4.70. The maximum atomic E-state index is 13.8. The number of hydrogen-bond donors (Lipinski definition) is 1. The molecular weight excluding hydrogens is 240 g/mol. The van der Waals surface area contributed by atoms with Crippen LogP contribution >= 0.6 is 0 Å². The number of halogens is 2. The Balaban J connectivity index is 2.49. The zero-order valence-corrected chi connectivity index (χ0v) is 10.1. The standard InChI is InChI=1S/C13H15F2NO2/c1-13(12(17)18,16-6-2-3-7-16)10-5-4-9(14)8-11(10)15/h4-5,8H,2-3,6-7H2,1H3,(H,17,18). The predicted octanol–water partition coefficient (Wildman–Crippen LogP) is 2.36. The monoisotopic (exact) mass is 255 g/mol. The van der Waals surface area contributed by atoms with Gasteiger partial charge < -0.3 is 5.11 Å². The van der Waals surface area contributed by atoms with E-state index in [1.54, 1.807) is 4.90 Å². The van der Waals surface area contributed by atoms with Crippen LogP contribution in [0.2, 0.25) is 0 Å². The van der Waals surface area contributed by atoms with Crippen LogP contribution in [0.1, 0.15) is 25.3 Å². The molecular formula is C13H15F2NO2. The summed E-state index contributed by atoms with van der Waals surface area (Å²) in [7, 11) is 0. The van der Waals surface area contributed by atoms with E-state index in [0.717, 1.165) is 25.0 Å². The van der Waals surface area contributed by atoms with Gasteiger partial charge in [-0.25, -0.2) is 13.6 Å². The van der Waals surface area contributed by atoms with Crippen LogP contribution in [0.15, 0.2) is 18.2 Å². The Bertz CT molecular complexity index is 472. The number of aliphatic carboxylic acids is 1. The molecule has 2 rings (SSSR count). The van der Waals surface area contributed by atoms with E-state index in [1.807, 2.05) is 0 Å². The van der Waals surface area contributed by atoms with E-state index in [0.29, 0.717) is 13.1 Å². The zero-order chi connectivity index (χ0) is 13.3. The number of benzene rings is 1. The lowest BCUT2D eigenvalue weighted by Gasteiger charge is -2.35. The number of rotatable bonds is 3. The molecule has 98 valence electrons. The Kier molecular flexibility index (Phi) is 3.34. The van der Waals surface area contributed by atoms with E-state index in [1.165, 1.54) is 13.0 Å². The average molecular weight is 255 g/mol. The van der Waals surface area contributed by atoms with Crippen LogP contribution < -0.4 is 0 Å². The van der Waals surface area contributed by atoms with Crippen LogP contribution in [-0.4, -0.2) is 29.1 Å². The fraction of sp³-hybridized carbons (Fsp3) is 0.462. The third kappa shape index (κ3) is 1.99. The molecule has 1 N–H and O–H groups in total. The summed E-state index contributed by atoms with van der Waals surface area (Å²) in [6.45, 7) is 2.69. The van der Waals surface area contributed by atoms with Gasteiger partial charge in [0.25, 0.3) is 0 Å². The van der Waals surface area contributed by atoms with Crippen molar-refractivity contribution < 1.29 is 18.7 Å². The highest BCUT2D eigenvalue weighted by Crippen LogP contribution is 2.33. The van der Waals surface area contributed by atoms with Gasteiger partial charge in [0.2, 0.25) is 0 Å². The van der Waals surface area contributed by atoms with Crippen molar-refractivity contribution in [2.24, 2.45) is 0 Å². The van der Waals surface area contributed by atoms with E-state index in [-0.39, 0.29) is 5.56 Å². The van der Waals surface area contributed by atoms with Crippen molar-refractivity contribution in [3.8, 4) is 0 Å². The largest absolute Gasteiger partial charge is 0.480 e. The highest BCUT2D eigenvalue weighted by atomic mass is 19.1. The van der Waals surface area contributed by atoms with Gasteiger partial charge in [0, 0.05) is 11.6 Å². The highest BCUT2D eigenvalue weighted by Gasteiger charge is 2.44. The number of carboxylic acid groups (broad SMARTS) is 1. The van der Waals surface area contributed by atoms with Gasteiger partial charge in [-0.1, -0.05) is 6.07 Å². The lowest BCUT2D eigenvalue weighted by Crippen LogP contribution is -2.49. The summed E-state index contributed by atoms with van der Waals surface area (Å²) in [4.78, 5) is 13.3. The van der Waals surface area contributed by atoms with Gasteiger partial charge in [-0.05, 0) is 38.9 Å². The molecule has 0 aliphatic carbocycles. The van der Waals surface area contributed by atoms with Crippen molar-refractivity contribution in [3.63, 3.8) is 0 Å². The van der Waals surface area contributed by atoms with Crippen LogP contribution in [0.25, 0.3) is 0 Å². The predicted molar refractivity (Wildman–Crippen MR) is 62.2 cm³/mol. The SMILES string of the molecule is CC(C(=O)O)(c1ccc(F)cc1F)N1CCCC1. The lowest BCUT2D eigenvalue weighted by molar-refractivity contribution is -0.150. The molecule has 5 heteroatoms. The molecule has 1 saturated heterocycles. The minimum atomic E-state index is -1.44. The molecule has 18 heavy (non-hydrogen) atoms. The molecule has 0 amide bonds. The highest BCUT2D eigenvalue weighted by molar-refractivity contribution is 5.80. The number of carbonyl (C=O) groups is 1. The molecule has 1 unspecified atom stereocenters. The summed E-state index contributed by atoms with van der Waals surface area (Å²) in [6.07, 6.45) is 1.79. The van der Waals surface area contributed by atoms with Gasteiger partial charge in [0.1, 0.15) is 17.2 Å². The second-order valence-electron chi connectivity index (χ2n) is 4.70. The van der Waals surface area contributed by atoms with Crippen molar-refractivity contribution in [2.45, 2.75) is 25.3 Å². The smallest absolute Gasteiger partial charge is 0.328 e. The van der Waals surface area contributed by atoms with Crippen molar-refractivity contribution in [3.05, 3.63) is 35.4 Å². The minimum absolute atomic E-state index is 0.0123. The van der Waals surface area contributed by atoms with Gasteiger partial charge >= 0.3 is 5.97 Å². The summed E-state index contributed by atoms with van der Waals surface area (Å²) in [5.74, 6) is -2.63. The maximum absolute atomic E-state index is 13.8. The summed E-state index contributed by atoms with van der Waals surface area (Å²) < 4.78 is 26.7. The molecule has 0 radical (unpaired) electrons. The van der Waals surface area contributed by atoms with Gasteiger partial charge in [0.05, 0.1) is 0 Å².